The number of carboxylic acids is 1. The van der Waals surface area contributed by atoms with E-state index in [1.54, 1.807) is 18.2 Å². The maximum atomic E-state index is 12.2. The maximum Gasteiger partial charge on any atom is 0.305 e. The van der Waals surface area contributed by atoms with Gasteiger partial charge in [0.2, 0.25) is 6.79 Å². The molecule has 2 N–H and O–H groups in total. The van der Waals surface area contributed by atoms with E-state index in [4.69, 9.17) is 14.6 Å². The first-order valence-electron chi connectivity index (χ1n) is 6.01. The summed E-state index contributed by atoms with van der Waals surface area (Å²) in [6.45, 7) is 2.48. The molecule has 19 heavy (non-hydrogen) atoms. The first kappa shape index (κ1) is 13.4. The van der Waals surface area contributed by atoms with E-state index in [1.165, 1.54) is 0 Å². The van der Waals surface area contributed by atoms with Crippen molar-refractivity contribution < 1.29 is 24.2 Å². The Bertz CT molecular complexity index is 500. The number of benzene rings is 1. The molecule has 0 radical (unpaired) electrons. The summed E-state index contributed by atoms with van der Waals surface area (Å²) in [5.74, 6) is -0.172. The highest BCUT2D eigenvalue weighted by Crippen LogP contribution is 2.32. The number of ketones is 1. The van der Waals surface area contributed by atoms with E-state index in [-0.39, 0.29) is 19.0 Å². The minimum Gasteiger partial charge on any atom is -0.481 e. The van der Waals surface area contributed by atoms with E-state index in [0.29, 0.717) is 23.6 Å². The predicted octanol–water partition coefficient (Wildman–Crippen LogP) is 1.05. The third-order valence-electron chi connectivity index (χ3n) is 2.80. The first-order chi connectivity index (χ1) is 9.11. The highest BCUT2D eigenvalue weighted by atomic mass is 16.7. The van der Waals surface area contributed by atoms with Gasteiger partial charge in [-0.2, -0.15) is 0 Å². The molecule has 1 unspecified atom stereocenters. The molecule has 0 saturated carbocycles. The molecule has 0 bridgehead atoms. The lowest BCUT2D eigenvalue weighted by Gasteiger charge is -2.14. The van der Waals surface area contributed by atoms with Crippen molar-refractivity contribution in [3.05, 3.63) is 23.8 Å². The fraction of sp³-hybridized carbons (Fsp3) is 0.385. The van der Waals surface area contributed by atoms with Crippen molar-refractivity contribution in [2.75, 3.05) is 13.3 Å². The summed E-state index contributed by atoms with van der Waals surface area (Å²) in [4.78, 5) is 23.0. The molecule has 0 spiro atoms. The summed E-state index contributed by atoms with van der Waals surface area (Å²) in [5, 5.41) is 11.7. The van der Waals surface area contributed by atoms with Crippen LogP contribution in [0.15, 0.2) is 18.2 Å². The molecule has 2 rings (SSSR count). The Labute approximate surface area is 110 Å². The molecule has 1 aliphatic rings. The number of carbonyl (C=O) groups excluding carboxylic acids is 1. The molecule has 1 aromatic rings. The van der Waals surface area contributed by atoms with Gasteiger partial charge >= 0.3 is 5.97 Å². The maximum absolute atomic E-state index is 12.2. The van der Waals surface area contributed by atoms with Crippen LogP contribution in [-0.4, -0.2) is 36.2 Å². The minimum absolute atomic E-state index is 0.138. The van der Waals surface area contributed by atoms with Crippen molar-refractivity contribution in [1.82, 2.24) is 5.32 Å². The number of hydrogen-bond donors (Lipinski definition) is 2. The molecule has 0 amide bonds. The van der Waals surface area contributed by atoms with Crippen molar-refractivity contribution in [1.29, 1.82) is 0 Å². The Morgan fingerprint density at radius 3 is 2.79 bits per heavy atom. The first-order valence-corrected chi connectivity index (χ1v) is 6.01. The fourth-order valence-electron chi connectivity index (χ4n) is 1.93. The van der Waals surface area contributed by atoms with E-state index < -0.39 is 12.0 Å². The van der Waals surface area contributed by atoms with Crippen LogP contribution in [0.3, 0.4) is 0 Å². The summed E-state index contributed by atoms with van der Waals surface area (Å²) >= 11 is 0. The molecule has 0 saturated heterocycles. The number of Topliss-reactive ketones (excluding diaryl/α,β-unsaturated/α-hetero) is 1. The van der Waals surface area contributed by atoms with Crippen LogP contribution in [0, 0.1) is 0 Å². The van der Waals surface area contributed by atoms with Gasteiger partial charge in [0.25, 0.3) is 0 Å². The van der Waals surface area contributed by atoms with Crippen molar-refractivity contribution in [3.8, 4) is 11.5 Å². The minimum atomic E-state index is -1.01. The van der Waals surface area contributed by atoms with Gasteiger partial charge in [-0.1, -0.05) is 6.92 Å². The third kappa shape index (κ3) is 3.03. The largest absolute Gasteiger partial charge is 0.481 e. The van der Waals surface area contributed by atoms with E-state index in [9.17, 15) is 9.59 Å². The SMILES string of the molecule is CCNC(CC(=O)O)C(=O)c1ccc2c(c1)OCO2. The second-order valence-electron chi connectivity index (χ2n) is 4.14. The van der Waals surface area contributed by atoms with Gasteiger partial charge < -0.3 is 19.9 Å². The molecule has 102 valence electrons. The summed E-state index contributed by atoms with van der Waals surface area (Å²) in [6, 6.07) is 4.11. The van der Waals surface area contributed by atoms with Gasteiger partial charge in [-0.15, -0.1) is 0 Å². The van der Waals surface area contributed by atoms with Gasteiger partial charge in [-0.05, 0) is 24.7 Å². The van der Waals surface area contributed by atoms with Crippen LogP contribution in [0.4, 0.5) is 0 Å². The summed E-state index contributed by atoms with van der Waals surface area (Å²) in [5.41, 5.74) is 0.413. The molecule has 1 aromatic carbocycles. The van der Waals surface area contributed by atoms with Gasteiger partial charge in [0.05, 0.1) is 12.5 Å². The standard InChI is InChI=1S/C13H15NO5/c1-2-14-9(6-12(15)16)13(17)8-3-4-10-11(5-8)19-7-18-10/h3-5,9,14H,2,6-7H2,1H3,(H,15,16). The molecule has 6 heteroatoms. The zero-order valence-corrected chi connectivity index (χ0v) is 10.5. The molecule has 0 aromatic heterocycles. The van der Waals surface area contributed by atoms with Crippen LogP contribution in [-0.2, 0) is 4.79 Å². The Hall–Kier alpha value is -2.08. The third-order valence-corrected chi connectivity index (χ3v) is 2.80. The van der Waals surface area contributed by atoms with E-state index in [2.05, 4.69) is 5.32 Å². The van der Waals surface area contributed by atoms with Crippen molar-refractivity contribution in [3.63, 3.8) is 0 Å². The van der Waals surface area contributed by atoms with E-state index >= 15 is 0 Å². The average Bonchev–Trinajstić information content (AvgIpc) is 2.84. The second kappa shape index (κ2) is 5.71. The molecule has 1 heterocycles. The number of nitrogens with one attached hydrogen (secondary N) is 1. The average molecular weight is 265 g/mol. The number of hydrogen-bond acceptors (Lipinski definition) is 5. The lowest BCUT2D eigenvalue weighted by molar-refractivity contribution is -0.137. The van der Waals surface area contributed by atoms with Crippen LogP contribution in [0.2, 0.25) is 0 Å². The van der Waals surface area contributed by atoms with Gasteiger partial charge in [-0.3, -0.25) is 9.59 Å². The Morgan fingerprint density at radius 2 is 2.11 bits per heavy atom. The van der Waals surface area contributed by atoms with Crippen LogP contribution >= 0.6 is 0 Å². The zero-order chi connectivity index (χ0) is 13.8. The Balaban J connectivity index is 2.18. The smallest absolute Gasteiger partial charge is 0.305 e. The van der Waals surface area contributed by atoms with Crippen LogP contribution in [0.1, 0.15) is 23.7 Å². The number of rotatable bonds is 6. The number of aliphatic carboxylic acids is 1. The lowest BCUT2D eigenvalue weighted by Crippen LogP contribution is -2.38. The quantitative estimate of drug-likeness (QED) is 0.748. The van der Waals surface area contributed by atoms with Crippen molar-refractivity contribution in [2.24, 2.45) is 0 Å². The molecule has 1 atom stereocenters. The second-order valence-corrected chi connectivity index (χ2v) is 4.14. The van der Waals surface area contributed by atoms with E-state index in [1.807, 2.05) is 6.92 Å². The number of carboxylic acid groups (broad SMARTS) is 1. The van der Waals surface area contributed by atoms with Crippen molar-refractivity contribution in [2.45, 2.75) is 19.4 Å². The zero-order valence-electron chi connectivity index (χ0n) is 10.5. The number of ether oxygens (including phenoxy) is 2. The van der Waals surface area contributed by atoms with Crippen LogP contribution < -0.4 is 14.8 Å². The highest BCUT2D eigenvalue weighted by molar-refractivity contribution is 6.02. The summed E-state index contributed by atoms with van der Waals surface area (Å²) in [7, 11) is 0. The topological polar surface area (TPSA) is 84.9 Å². The normalized spacial score (nSPS) is 14.2. The van der Waals surface area contributed by atoms with E-state index in [0.717, 1.165) is 0 Å². The van der Waals surface area contributed by atoms with Crippen LogP contribution in [0.5, 0.6) is 11.5 Å². The molecular weight excluding hydrogens is 250 g/mol. The summed E-state index contributed by atoms with van der Waals surface area (Å²) in [6.07, 6.45) is -0.249. The highest BCUT2D eigenvalue weighted by Gasteiger charge is 2.24. The number of likely N-dealkylation sites (N-methyl/N-ethyl adjacent to an activating group) is 1. The lowest BCUT2D eigenvalue weighted by atomic mass is 10.0. The summed E-state index contributed by atoms with van der Waals surface area (Å²) < 4.78 is 10.4. The van der Waals surface area contributed by atoms with Gasteiger partial charge in [0, 0.05) is 5.56 Å². The number of fused-ring (bicyclic) bond motifs is 1. The monoisotopic (exact) mass is 265 g/mol. The number of carbonyl (C=O) groups is 2. The molecule has 0 aliphatic carbocycles. The van der Waals surface area contributed by atoms with Crippen LogP contribution in [0.25, 0.3) is 0 Å². The molecule has 6 nitrogen and oxygen atoms in total. The van der Waals surface area contributed by atoms with Gasteiger partial charge in [0.15, 0.2) is 17.3 Å². The van der Waals surface area contributed by atoms with Gasteiger partial charge in [-0.25, -0.2) is 0 Å². The predicted molar refractivity (Wildman–Crippen MR) is 66.6 cm³/mol. The Kier molecular flexibility index (Phi) is 4.01. The molecular formula is C13H15NO5. The molecule has 0 fully saturated rings. The van der Waals surface area contributed by atoms with Gasteiger partial charge in [0.1, 0.15) is 0 Å². The fourth-order valence-corrected chi connectivity index (χ4v) is 1.93. The molecule has 1 aliphatic heterocycles. The Morgan fingerprint density at radius 1 is 1.37 bits per heavy atom. The van der Waals surface area contributed by atoms with Crippen molar-refractivity contribution >= 4 is 11.8 Å².